The molecule has 1 N–H and O–H groups in total. The van der Waals surface area contributed by atoms with Crippen LogP contribution in [0.2, 0.25) is 0 Å². The molecule has 2 aromatic heterocycles. The third-order valence-corrected chi connectivity index (χ3v) is 3.98. The number of aryl methyl sites for hydroxylation is 1. The van der Waals surface area contributed by atoms with Gasteiger partial charge in [-0.2, -0.15) is 0 Å². The minimum absolute atomic E-state index is 0.0144. The zero-order valence-corrected chi connectivity index (χ0v) is 13.0. The standard InChI is InChI=1S/C13H15IN4O/c1-3-15-12-10(5-4-6-16-12)7-18-8-17-9(2)11(14)13(18)19/h4-6,8H,3,7H2,1-2H3,(H,15,16). The van der Waals surface area contributed by atoms with Gasteiger partial charge in [0.15, 0.2) is 0 Å². The Morgan fingerprint density at radius 1 is 1.42 bits per heavy atom. The smallest absolute Gasteiger partial charge is 0.267 e. The van der Waals surface area contributed by atoms with Crippen LogP contribution in [0.1, 0.15) is 18.2 Å². The fraction of sp³-hybridized carbons (Fsp3) is 0.308. The third-order valence-electron chi connectivity index (χ3n) is 2.73. The van der Waals surface area contributed by atoms with Crippen molar-refractivity contribution in [3.63, 3.8) is 0 Å². The highest BCUT2D eigenvalue weighted by Gasteiger charge is 2.08. The highest BCUT2D eigenvalue weighted by molar-refractivity contribution is 14.1. The van der Waals surface area contributed by atoms with Crippen LogP contribution in [-0.4, -0.2) is 21.1 Å². The first-order chi connectivity index (χ1) is 9.13. The van der Waals surface area contributed by atoms with E-state index in [1.54, 1.807) is 17.1 Å². The summed E-state index contributed by atoms with van der Waals surface area (Å²) in [6, 6.07) is 3.83. The predicted molar refractivity (Wildman–Crippen MR) is 83.5 cm³/mol. The van der Waals surface area contributed by atoms with Gasteiger partial charge in [-0.05, 0) is 42.5 Å². The molecular formula is C13H15IN4O. The van der Waals surface area contributed by atoms with Crippen molar-refractivity contribution in [2.45, 2.75) is 20.4 Å². The molecule has 0 radical (unpaired) electrons. The second-order valence-corrected chi connectivity index (χ2v) is 5.20. The summed E-state index contributed by atoms with van der Waals surface area (Å²) in [5.74, 6) is 0.812. The molecule has 2 heterocycles. The number of hydrogen-bond acceptors (Lipinski definition) is 4. The Morgan fingerprint density at radius 3 is 2.95 bits per heavy atom. The van der Waals surface area contributed by atoms with Gasteiger partial charge >= 0.3 is 0 Å². The number of aromatic nitrogens is 3. The number of hydrogen-bond donors (Lipinski definition) is 1. The van der Waals surface area contributed by atoms with Crippen LogP contribution < -0.4 is 10.9 Å². The first kappa shape index (κ1) is 14.0. The van der Waals surface area contributed by atoms with E-state index in [0.29, 0.717) is 10.1 Å². The summed E-state index contributed by atoms with van der Waals surface area (Å²) < 4.78 is 2.26. The molecule has 0 saturated heterocycles. The second kappa shape index (κ2) is 6.14. The molecule has 0 amide bonds. The molecule has 19 heavy (non-hydrogen) atoms. The molecule has 0 aliphatic carbocycles. The van der Waals surface area contributed by atoms with Crippen LogP contribution in [0.3, 0.4) is 0 Å². The lowest BCUT2D eigenvalue weighted by Crippen LogP contribution is -2.25. The van der Waals surface area contributed by atoms with Gasteiger partial charge in [0.05, 0.1) is 22.1 Å². The molecule has 0 aromatic carbocycles. The van der Waals surface area contributed by atoms with Crippen LogP contribution in [0, 0.1) is 10.5 Å². The SMILES string of the molecule is CCNc1ncccc1Cn1cnc(C)c(I)c1=O. The summed E-state index contributed by atoms with van der Waals surface area (Å²) in [5.41, 5.74) is 1.73. The number of nitrogens with zero attached hydrogens (tertiary/aromatic N) is 3. The minimum Gasteiger partial charge on any atom is -0.370 e. The Morgan fingerprint density at radius 2 is 2.21 bits per heavy atom. The van der Waals surface area contributed by atoms with Gasteiger partial charge in [0.2, 0.25) is 0 Å². The molecular weight excluding hydrogens is 355 g/mol. The average molecular weight is 370 g/mol. The lowest BCUT2D eigenvalue weighted by Gasteiger charge is -2.11. The van der Waals surface area contributed by atoms with Crippen molar-refractivity contribution in [3.8, 4) is 0 Å². The molecule has 2 rings (SSSR count). The Labute approximate surface area is 125 Å². The minimum atomic E-state index is -0.0144. The van der Waals surface area contributed by atoms with Crippen molar-refractivity contribution in [2.75, 3.05) is 11.9 Å². The van der Waals surface area contributed by atoms with E-state index in [2.05, 4.69) is 15.3 Å². The zero-order chi connectivity index (χ0) is 13.8. The van der Waals surface area contributed by atoms with Crippen LogP contribution in [-0.2, 0) is 6.54 Å². The summed E-state index contributed by atoms with van der Waals surface area (Å²) in [7, 11) is 0. The highest BCUT2D eigenvalue weighted by atomic mass is 127. The van der Waals surface area contributed by atoms with Gasteiger partial charge < -0.3 is 5.32 Å². The quantitative estimate of drug-likeness (QED) is 0.837. The molecule has 0 aliphatic rings. The predicted octanol–water partition coefficient (Wildman–Crippen LogP) is 2.03. The van der Waals surface area contributed by atoms with Crippen LogP contribution in [0.25, 0.3) is 0 Å². The van der Waals surface area contributed by atoms with Crippen LogP contribution >= 0.6 is 22.6 Å². The fourth-order valence-electron chi connectivity index (χ4n) is 1.74. The molecule has 0 spiro atoms. The van der Waals surface area contributed by atoms with Crippen molar-refractivity contribution >= 4 is 28.4 Å². The van der Waals surface area contributed by atoms with E-state index >= 15 is 0 Å². The molecule has 100 valence electrons. The van der Waals surface area contributed by atoms with Crippen LogP contribution in [0.5, 0.6) is 0 Å². The maximum absolute atomic E-state index is 12.1. The number of rotatable bonds is 4. The first-order valence-electron chi connectivity index (χ1n) is 6.02. The van der Waals surface area contributed by atoms with E-state index in [1.165, 1.54) is 0 Å². The van der Waals surface area contributed by atoms with Gasteiger partial charge in [-0.1, -0.05) is 6.07 Å². The summed E-state index contributed by atoms with van der Waals surface area (Å²) in [6.07, 6.45) is 3.32. The van der Waals surface area contributed by atoms with Gasteiger partial charge in [-0.15, -0.1) is 0 Å². The van der Waals surface area contributed by atoms with E-state index in [-0.39, 0.29) is 5.56 Å². The van der Waals surface area contributed by atoms with E-state index in [0.717, 1.165) is 23.6 Å². The number of anilines is 1. The van der Waals surface area contributed by atoms with Crippen molar-refractivity contribution in [3.05, 3.63) is 49.8 Å². The van der Waals surface area contributed by atoms with Gasteiger partial charge in [-0.3, -0.25) is 9.36 Å². The molecule has 2 aromatic rings. The highest BCUT2D eigenvalue weighted by Crippen LogP contribution is 2.12. The van der Waals surface area contributed by atoms with Gasteiger partial charge in [0.25, 0.3) is 5.56 Å². The van der Waals surface area contributed by atoms with Crippen molar-refractivity contribution in [2.24, 2.45) is 0 Å². The Kier molecular flexibility index (Phi) is 4.52. The molecule has 5 nitrogen and oxygen atoms in total. The monoisotopic (exact) mass is 370 g/mol. The molecule has 0 saturated carbocycles. The molecule has 0 bridgehead atoms. The Bertz CT molecular complexity index is 639. The topological polar surface area (TPSA) is 59.8 Å². The lowest BCUT2D eigenvalue weighted by molar-refractivity contribution is 0.722. The zero-order valence-electron chi connectivity index (χ0n) is 10.9. The van der Waals surface area contributed by atoms with E-state index in [9.17, 15) is 4.79 Å². The van der Waals surface area contributed by atoms with Crippen molar-refractivity contribution < 1.29 is 0 Å². The number of nitrogens with one attached hydrogen (secondary N) is 1. The summed E-state index contributed by atoms with van der Waals surface area (Å²) in [6.45, 7) is 5.11. The van der Waals surface area contributed by atoms with Gasteiger partial charge in [0, 0.05) is 18.3 Å². The van der Waals surface area contributed by atoms with Crippen molar-refractivity contribution in [1.82, 2.24) is 14.5 Å². The second-order valence-electron chi connectivity index (χ2n) is 4.12. The van der Waals surface area contributed by atoms with E-state index < -0.39 is 0 Å². The lowest BCUT2D eigenvalue weighted by atomic mass is 10.2. The van der Waals surface area contributed by atoms with Gasteiger partial charge in [0.1, 0.15) is 5.82 Å². The maximum atomic E-state index is 12.1. The molecule has 0 unspecified atom stereocenters. The summed E-state index contributed by atoms with van der Waals surface area (Å²) in [5, 5.41) is 3.19. The molecule has 0 aliphatic heterocycles. The summed E-state index contributed by atoms with van der Waals surface area (Å²) in [4.78, 5) is 20.6. The third kappa shape index (κ3) is 3.12. The maximum Gasteiger partial charge on any atom is 0.267 e. The van der Waals surface area contributed by atoms with E-state index in [4.69, 9.17) is 0 Å². The van der Waals surface area contributed by atoms with Crippen LogP contribution in [0.15, 0.2) is 29.5 Å². The Hall–Kier alpha value is -1.44. The molecule has 0 atom stereocenters. The van der Waals surface area contributed by atoms with Crippen LogP contribution in [0.4, 0.5) is 5.82 Å². The first-order valence-corrected chi connectivity index (χ1v) is 7.10. The number of pyridine rings is 1. The fourth-order valence-corrected chi connectivity index (χ4v) is 2.18. The average Bonchev–Trinajstić information content (AvgIpc) is 2.42. The molecule has 6 heteroatoms. The largest absolute Gasteiger partial charge is 0.370 e. The summed E-state index contributed by atoms with van der Waals surface area (Å²) >= 11 is 2.04. The van der Waals surface area contributed by atoms with Crippen molar-refractivity contribution in [1.29, 1.82) is 0 Å². The van der Waals surface area contributed by atoms with E-state index in [1.807, 2.05) is 48.6 Å². The number of halogens is 1. The Balaban J connectivity index is 2.37. The van der Waals surface area contributed by atoms with Gasteiger partial charge in [-0.25, -0.2) is 9.97 Å². The normalized spacial score (nSPS) is 10.5. The molecule has 0 fully saturated rings.